The second kappa shape index (κ2) is 3.25. The normalized spacial score (nSPS) is 15.9. The molecule has 3 heteroatoms. The van der Waals surface area contributed by atoms with Gasteiger partial charge in [-0.15, -0.1) is 6.58 Å². The highest BCUT2D eigenvalue weighted by molar-refractivity contribution is 5.97. The average Bonchev–Trinajstić information content (AvgIpc) is 2.59. The van der Waals surface area contributed by atoms with E-state index in [9.17, 15) is 4.79 Å². The van der Waals surface area contributed by atoms with E-state index in [4.69, 9.17) is 0 Å². The van der Waals surface area contributed by atoms with Crippen LogP contribution in [0.3, 0.4) is 0 Å². The van der Waals surface area contributed by atoms with Gasteiger partial charge in [0.1, 0.15) is 0 Å². The van der Waals surface area contributed by atoms with Crippen LogP contribution in [0.25, 0.3) is 0 Å². The number of rotatable bonds is 2. The summed E-state index contributed by atoms with van der Waals surface area (Å²) in [5.41, 5.74) is 2.59. The minimum atomic E-state index is -0.0226. The van der Waals surface area contributed by atoms with Crippen molar-refractivity contribution in [2.24, 2.45) is 0 Å². The molecule has 14 heavy (non-hydrogen) atoms. The highest BCUT2D eigenvalue weighted by Gasteiger charge is 2.20. The lowest BCUT2D eigenvalue weighted by Crippen LogP contribution is -2.12. The fourth-order valence-corrected chi connectivity index (χ4v) is 1.49. The molecule has 0 fully saturated rings. The summed E-state index contributed by atoms with van der Waals surface area (Å²) in [7, 11) is 0. The lowest BCUT2D eigenvalue weighted by atomic mass is 10.0. The van der Waals surface area contributed by atoms with Crippen LogP contribution in [0, 0.1) is 0 Å². The van der Waals surface area contributed by atoms with E-state index in [1.165, 1.54) is 0 Å². The molecule has 1 amide bonds. The number of hydrogen-bond donors (Lipinski definition) is 1. The largest absolute Gasteiger partial charge is 0.346 e. The van der Waals surface area contributed by atoms with Gasteiger partial charge in [0.25, 0.3) is 5.91 Å². The van der Waals surface area contributed by atoms with Gasteiger partial charge in [-0.05, 0) is 11.6 Å². The van der Waals surface area contributed by atoms with Crippen molar-refractivity contribution >= 4 is 5.91 Å². The lowest BCUT2D eigenvalue weighted by Gasteiger charge is -2.06. The molecule has 0 radical (unpaired) electrons. The number of allylic oxidation sites excluding steroid dienone is 1. The molecule has 1 aromatic heterocycles. The van der Waals surface area contributed by atoms with E-state index in [1.807, 2.05) is 25.3 Å². The Hall–Kier alpha value is -1.64. The number of pyridine rings is 1. The van der Waals surface area contributed by atoms with Crippen molar-refractivity contribution in [3.05, 3.63) is 41.7 Å². The van der Waals surface area contributed by atoms with Crippen LogP contribution in [0.4, 0.5) is 0 Å². The topological polar surface area (TPSA) is 42.0 Å². The highest BCUT2D eigenvalue weighted by Crippen LogP contribution is 2.20. The number of nitrogens with one attached hydrogen (secondary N) is 1. The number of carbonyl (C=O) groups excluding carboxylic acids is 1. The summed E-state index contributed by atoms with van der Waals surface area (Å²) in [5.74, 6) is 0.215. The Kier molecular flexibility index (Phi) is 2.08. The van der Waals surface area contributed by atoms with Gasteiger partial charge in [-0.3, -0.25) is 9.78 Å². The summed E-state index contributed by atoms with van der Waals surface area (Å²) in [6.07, 6.45) is 3.65. The first kappa shape index (κ1) is 8.94. The molecule has 0 aromatic carbocycles. The van der Waals surface area contributed by atoms with Crippen molar-refractivity contribution in [2.75, 3.05) is 0 Å². The maximum Gasteiger partial charge on any atom is 0.253 e. The van der Waals surface area contributed by atoms with Gasteiger partial charge >= 0.3 is 0 Å². The van der Waals surface area contributed by atoms with Crippen molar-refractivity contribution in [2.45, 2.75) is 19.4 Å². The summed E-state index contributed by atoms with van der Waals surface area (Å²) in [4.78, 5) is 15.6. The number of fused-ring (bicyclic) bond motifs is 1. The highest BCUT2D eigenvalue weighted by atomic mass is 16.1. The molecule has 1 atom stereocenters. The maximum atomic E-state index is 11.4. The molecule has 3 nitrogen and oxygen atoms in total. The van der Waals surface area contributed by atoms with E-state index in [0.29, 0.717) is 12.1 Å². The molecule has 2 heterocycles. The van der Waals surface area contributed by atoms with Crippen LogP contribution in [0.5, 0.6) is 0 Å². The summed E-state index contributed by atoms with van der Waals surface area (Å²) in [5, 5.41) is 2.74. The van der Waals surface area contributed by atoms with E-state index < -0.39 is 0 Å². The zero-order chi connectivity index (χ0) is 10.1. The minimum absolute atomic E-state index is 0.0226. The van der Waals surface area contributed by atoms with E-state index in [0.717, 1.165) is 11.3 Å². The molecule has 1 aromatic rings. The van der Waals surface area contributed by atoms with Crippen molar-refractivity contribution in [1.29, 1.82) is 0 Å². The number of nitrogens with zero attached hydrogens (tertiary/aromatic N) is 1. The first-order valence-electron chi connectivity index (χ1n) is 4.62. The molecule has 1 N–H and O–H groups in total. The number of hydrogen-bond acceptors (Lipinski definition) is 2. The quantitative estimate of drug-likeness (QED) is 0.716. The molecule has 1 aliphatic heterocycles. The zero-order valence-electron chi connectivity index (χ0n) is 8.08. The Balaban J connectivity index is 2.44. The maximum absolute atomic E-state index is 11.4. The van der Waals surface area contributed by atoms with Crippen LogP contribution in [0.1, 0.15) is 34.5 Å². The van der Waals surface area contributed by atoms with Crippen LogP contribution in [0.15, 0.2) is 24.9 Å². The third-order valence-corrected chi connectivity index (χ3v) is 2.53. The first-order valence-corrected chi connectivity index (χ1v) is 4.62. The minimum Gasteiger partial charge on any atom is -0.346 e. The van der Waals surface area contributed by atoms with E-state index >= 15 is 0 Å². The summed E-state index contributed by atoms with van der Waals surface area (Å²) < 4.78 is 0. The van der Waals surface area contributed by atoms with Crippen LogP contribution < -0.4 is 5.32 Å². The number of carbonyl (C=O) groups is 1. The molecule has 0 spiro atoms. The molecule has 1 aliphatic rings. The van der Waals surface area contributed by atoms with Gasteiger partial charge in [-0.25, -0.2) is 0 Å². The molecule has 72 valence electrons. The summed E-state index contributed by atoms with van der Waals surface area (Å²) in [6, 6.07) is 1.90. The molecule has 0 aliphatic carbocycles. The molecular weight excluding hydrogens is 176 g/mol. The van der Waals surface area contributed by atoms with Crippen LogP contribution in [-0.2, 0) is 6.54 Å². The Morgan fingerprint density at radius 2 is 2.50 bits per heavy atom. The van der Waals surface area contributed by atoms with Crippen LogP contribution in [-0.4, -0.2) is 10.9 Å². The number of aromatic nitrogens is 1. The second-order valence-corrected chi connectivity index (χ2v) is 3.47. The monoisotopic (exact) mass is 188 g/mol. The Morgan fingerprint density at radius 1 is 1.71 bits per heavy atom. The van der Waals surface area contributed by atoms with Gasteiger partial charge < -0.3 is 5.32 Å². The number of amides is 1. The van der Waals surface area contributed by atoms with Gasteiger partial charge in [0.15, 0.2) is 0 Å². The van der Waals surface area contributed by atoms with E-state index in [-0.39, 0.29) is 11.8 Å². The Labute approximate surface area is 82.9 Å². The fourth-order valence-electron chi connectivity index (χ4n) is 1.49. The van der Waals surface area contributed by atoms with Crippen LogP contribution in [0.2, 0.25) is 0 Å². The predicted molar refractivity (Wildman–Crippen MR) is 54.0 cm³/mol. The van der Waals surface area contributed by atoms with Gasteiger partial charge in [-0.1, -0.05) is 13.0 Å². The van der Waals surface area contributed by atoms with Gasteiger partial charge in [-0.2, -0.15) is 0 Å². The van der Waals surface area contributed by atoms with Gasteiger partial charge in [0.05, 0.1) is 17.8 Å². The van der Waals surface area contributed by atoms with E-state index in [2.05, 4.69) is 16.9 Å². The molecule has 2 rings (SSSR count). The molecule has 0 bridgehead atoms. The third kappa shape index (κ3) is 1.31. The first-order chi connectivity index (χ1) is 6.72. The molecular formula is C11H12N2O. The average molecular weight is 188 g/mol. The van der Waals surface area contributed by atoms with Gasteiger partial charge in [0.2, 0.25) is 0 Å². The van der Waals surface area contributed by atoms with Crippen molar-refractivity contribution < 1.29 is 4.79 Å². The smallest absolute Gasteiger partial charge is 0.253 e. The lowest BCUT2D eigenvalue weighted by molar-refractivity contribution is 0.0965. The predicted octanol–water partition coefficient (Wildman–Crippen LogP) is 1.61. The zero-order valence-corrected chi connectivity index (χ0v) is 8.08. The third-order valence-electron chi connectivity index (χ3n) is 2.53. The van der Waals surface area contributed by atoms with Gasteiger partial charge in [0, 0.05) is 12.1 Å². The Bertz CT molecular complexity index is 398. The Morgan fingerprint density at radius 3 is 3.21 bits per heavy atom. The summed E-state index contributed by atoms with van der Waals surface area (Å²) >= 11 is 0. The molecule has 0 saturated heterocycles. The SMILES string of the molecule is C=CC(C)c1cnc2c(c1)C(=O)NC2. The molecule has 0 saturated carbocycles. The fraction of sp³-hybridized carbons (Fsp3) is 0.273. The summed E-state index contributed by atoms with van der Waals surface area (Å²) in [6.45, 7) is 6.30. The van der Waals surface area contributed by atoms with Crippen LogP contribution >= 0.6 is 0 Å². The van der Waals surface area contributed by atoms with Crippen molar-refractivity contribution in [1.82, 2.24) is 10.3 Å². The standard InChI is InChI=1S/C11H12N2O/c1-3-7(2)8-4-9-10(12-5-8)6-13-11(9)14/h3-5,7H,1,6H2,2H3,(H,13,14). The van der Waals surface area contributed by atoms with E-state index in [1.54, 1.807) is 0 Å². The van der Waals surface area contributed by atoms with Crippen molar-refractivity contribution in [3.63, 3.8) is 0 Å². The van der Waals surface area contributed by atoms with Crippen molar-refractivity contribution in [3.8, 4) is 0 Å². The second-order valence-electron chi connectivity index (χ2n) is 3.47. The molecule has 1 unspecified atom stereocenters.